The van der Waals surface area contributed by atoms with Gasteiger partial charge in [-0.25, -0.2) is 13.4 Å². The maximum absolute atomic E-state index is 12.4. The number of rotatable bonds is 7. The van der Waals surface area contributed by atoms with E-state index in [1.807, 2.05) is 12.1 Å². The largest absolute Gasteiger partial charge is 0.384 e. The van der Waals surface area contributed by atoms with Gasteiger partial charge < -0.3 is 5.32 Å². The van der Waals surface area contributed by atoms with Gasteiger partial charge in [-0.15, -0.1) is 0 Å². The lowest BCUT2D eigenvalue weighted by Crippen LogP contribution is -2.15. The summed E-state index contributed by atoms with van der Waals surface area (Å²) >= 11 is 0. The van der Waals surface area contributed by atoms with Crippen LogP contribution in [0.25, 0.3) is 0 Å². The number of aryl methyl sites for hydroxylation is 1. The number of hydrogen-bond acceptors (Lipinski definition) is 4. The Balaban J connectivity index is 2.09. The highest BCUT2D eigenvalue weighted by Crippen LogP contribution is 2.18. The van der Waals surface area contributed by atoms with Gasteiger partial charge in [0.2, 0.25) is 0 Å². The minimum atomic E-state index is -3.61. The highest BCUT2D eigenvalue weighted by Gasteiger charge is 2.16. The maximum atomic E-state index is 12.4. The molecule has 0 spiro atoms. The highest BCUT2D eigenvalue weighted by atomic mass is 32.2. The minimum absolute atomic E-state index is 0.266. The third-order valence-corrected chi connectivity index (χ3v) is 4.76. The van der Waals surface area contributed by atoms with E-state index in [2.05, 4.69) is 21.9 Å². The van der Waals surface area contributed by atoms with Crippen molar-refractivity contribution in [3.05, 3.63) is 48.2 Å². The first kappa shape index (κ1) is 16.3. The van der Waals surface area contributed by atoms with E-state index in [1.54, 1.807) is 37.4 Å². The number of unbranched alkanes of at least 4 members (excludes halogenated alkanes) is 1. The van der Waals surface area contributed by atoms with Crippen molar-refractivity contribution in [2.24, 2.45) is 0 Å². The van der Waals surface area contributed by atoms with Gasteiger partial charge in [-0.3, -0.25) is 4.72 Å². The summed E-state index contributed by atoms with van der Waals surface area (Å²) in [5.41, 5.74) is 1.58. The van der Waals surface area contributed by atoms with E-state index in [1.165, 1.54) is 0 Å². The van der Waals surface area contributed by atoms with Gasteiger partial charge in [0.25, 0.3) is 10.0 Å². The second-order valence-corrected chi connectivity index (χ2v) is 6.73. The second kappa shape index (κ2) is 7.26. The molecule has 1 aromatic heterocycles. The molecule has 0 aliphatic carbocycles. The van der Waals surface area contributed by atoms with Crippen molar-refractivity contribution in [1.82, 2.24) is 4.98 Å². The molecule has 2 aromatic rings. The van der Waals surface area contributed by atoms with Gasteiger partial charge in [0.1, 0.15) is 5.82 Å². The first-order valence-electron chi connectivity index (χ1n) is 7.31. The molecular formula is C16H21N3O2S. The van der Waals surface area contributed by atoms with Crippen molar-refractivity contribution in [3.63, 3.8) is 0 Å². The van der Waals surface area contributed by atoms with Crippen LogP contribution in [0.4, 0.5) is 11.5 Å². The van der Waals surface area contributed by atoms with E-state index in [-0.39, 0.29) is 4.90 Å². The lowest BCUT2D eigenvalue weighted by Gasteiger charge is -2.10. The van der Waals surface area contributed by atoms with Crippen molar-refractivity contribution in [2.45, 2.75) is 31.6 Å². The zero-order valence-corrected chi connectivity index (χ0v) is 13.7. The number of anilines is 2. The molecule has 0 saturated carbocycles. The minimum Gasteiger partial charge on any atom is -0.384 e. The number of aromatic nitrogens is 1. The van der Waals surface area contributed by atoms with Crippen LogP contribution in [0.5, 0.6) is 0 Å². The molecule has 0 aliphatic heterocycles. The lowest BCUT2D eigenvalue weighted by molar-refractivity contribution is 0.600. The predicted molar refractivity (Wildman–Crippen MR) is 89.6 cm³/mol. The number of nitrogens with zero attached hydrogens (tertiary/aromatic N) is 1. The predicted octanol–water partition coefficient (Wildman–Crippen LogP) is 3.40. The standard InChI is InChI=1S/C16H21N3O2S/c1-3-4-11-17-14-9-10-16(18-12-14)19-22(20,21)15-8-6-5-7-13(15)2/h5-10,12,17H,3-4,11H2,1-2H3,(H,18,19). The Morgan fingerprint density at radius 2 is 1.91 bits per heavy atom. The van der Waals surface area contributed by atoms with E-state index >= 15 is 0 Å². The van der Waals surface area contributed by atoms with Gasteiger partial charge in [-0.05, 0) is 37.1 Å². The summed E-state index contributed by atoms with van der Waals surface area (Å²) in [4.78, 5) is 4.41. The monoisotopic (exact) mass is 319 g/mol. The van der Waals surface area contributed by atoms with Crippen LogP contribution in [-0.2, 0) is 10.0 Å². The van der Waals surface area contributed by atoms with Crippen molar-refractivity contribution in [3.8, 4) is 0 Å². The fraction of sp³-hybridized carbons (Fsp3) is 0.312. The molecule has 1 heterocycles. The Bertz CT molecular complexity index is 712. The summed E-state index contributed by atoms with van der Waals surface area (Å²) in [5, 5.41) is 3.24. The molecule has 6 heteroatoms. The molecule has 0 amide bonds. The number of pyridine rings is 1. The summed E-state index contributed by atoms with van der Waals surface area (Å²) < 4.78 is 27.2. The molecule has 22 heavy (non-hydrogen) atoms. The zero-order chi connectivity index (χ0) is 16.0. The van der Waals surface area contributed by atoms with Crippen LogP contribution in [0.2, 0.25) is 0 Å². The van der Waals surface area contributed by atoms with Crippen molar-refractivity contribution < 1.29 is 8.42 Å². The third-order valence-electron chi connectivity index (χ3n) is 3.24. The zero-order valence-electron chi connectivity index (χ0n) is 12.8. The molecule has 0 saturated heterocycles. The lowest BCUT2D eigenvalue weighted by atomic mass is 10.2. The Hall–Kier alpha value is -2.08. The quantitative estimate of drug-likeness (QED) is 0.767. The molecule has 0 aliphatic rings. The van der Waals surface area contributed by atoms with E-state index in [9.17, 15) is 8.42 Å². The van der Waals surface area contributed by atoms with E-state index in [4.69, 9.17) is 0 Å². The third kappa shape index (κ3) is 4.21. The number of benzene rings is 1. The first-order chi connectivity index (χ1) is 10.5. The van der Waals surface area contributed by atoms with Crippen LogP contribution in [0.15, 0.2) is 47.5 Å². The summed E-state index contributed by atoms with van der Waals surface area (Å²) in [5.74, 6) is 0.310. The van der Waals surface area contributed by atoms with Crippen LogP contribution in [0.1, 0.15) is 25.3 Å². The number of nitrogens with one attached hydrogen (secondary N) is 2. The van der Waals surface area contributed by atoms with Crippen molar-refractivity contribution >= 4 is 21.5 Å². The summed E-state index contributed by atoms with van der Waals surface area (Å²) in [6.07, 6.45) is 3.84. The van der Waals surface area contributed by atoms with Crippen LogP contribution < -0.4 is 10.0 Å². The maximum Gasteiger partial charge on any atom is 0.263 e. The van der Waals surface area contributed by atoms with Gasteiger partial charge in [0.05, 0.1) is 16.8 Å². The molecule has 0 unspecified atom stereocenters. The van der Waals surface area contributed by atoms with Gasteiger partial charge >= 0.3 is 0 Å². The van der Waals surface area contributed by atoms with Gasteiger partial charge in [0.15, 0.2) is 0 Å². The molecule has 5 nitrogen and oxygen atoms in total. The smallest absolute Gasteiger partial charge is 0.263 e. The Morgan fingerprint density at radius 1 is 1.14 bits per heavy atom. The molecule has 0 radical (unpaired) electrons. The summed E-state index contributed by atoms with van der Waals surface area (Å²) in [6, 6.07) is 10.3. The summed E-state index contributed by atoms with van der Waals surface area (Å²) in [6.45, 7) is 4.78. The fourth-order valence-corrected chi connectivity index (χ4v) is 3.27. The Labute approximate surface area is 131 Å². The van der Waals surface area contributed by atoms with Crippen LogP contribution in [0, 0.1) is 6.92 Å². The average molecular weight is 319 g/mol. The van der Waals surface area contributed by atoms with E-state index in [0.717, 1.165) is 25.1 Å². The highest BCUT2D eigenvalue weighted by molar-refractivity contribution is 7.92. The van der Waals surface area contributed by atoms with Crippen molar-refractivity contribution in [1.29, 1.82) is 0 Å². The van der Waals surface area contributed by atoms with Gasteiger partial charge in [-0.1, -0.05) is 31.5 Å². The average Bonchev–Trinajstić information content (AvgIpc) is 2.49. The number of sulfonamides is 1. The van der Waals surface area contributed by atoms with Crippen LogP contribution in [-0.4, -0.2) is 19.9 Å². The van der Waals surface area contributed by atoms with Gasteiger partial charge in [-0.2, -0.15) is 0 Å². The van der Waals surface area contributed by atoms with E-state index < -0.39 is 10.0 Å². The first-order valence-corrected chi connectivity index (χ1v) is 8.79. The Kier molecular flexibility index (Phi) is 5.38. The molecule has 0 fully saturated rings. The van der Waals surface area contributed by atoms with E-state index in [0.29, 0.717) is 11.4 Å². The molecule has 2 N–H and O–H groups in total. The van der Waals surface area contributed by atoms with Gasteiger partial charge in [0, 0.05) is 6.54 Å². The molecule has 2 rings (SSSR count). The molecule has 118 valence electrons. The Morgan fingerprint density at radius 3 is 2.55 bits per heavy atom. The van der Waals surface area contributed by atoms with Crippen LogP contribution >= 0.6 is 0 Å². The topological polar surface area (TPSA) is 71.1 Å². The van der Waals surface area contributed by atoms with Crippen molar-refractivity contribution in [2.75, 3.05) is 16.6 Å². The molecule has 0 bridgehead atoms. The molecule has 0 atom stereocenters. The number of hydrogen-bond donors (Lipinski definition) is 2. The fourth-order valence-electron chi connectivity index (χ4n) is 2.02. The van der Waals surface area contributed by atoms with Crippen LogP contribution in [0.3, 0.4) is 0 Å². The normalized spacial score (nSPS) is 11.2. The second-order valence-electron chi connectivity index (χ2n) is 5.08. The summed E-state index contributed by atoms with van der Waals surface area (Å²) in [7, 11) is -3.61. The molecular weight excluding hydrogens is 298 g/mol. The SMILES string of the molecule is CCCCNc1ccc(NS(=O)(=O)c2ccccc2C)nc1. The molecule has 1 aromatic carbocycles.